The summed E-state index contributed by atoms with van der Waals surface area (Å²) in [5, 5.41) is 0. The third-order valence-corrected chi connectivity index (χ3v) is 6.83. The molecule has 0 N–H and O–H groups in total. The van der Waals surface area contributed by atoms with Crippen molar-refractivity contribution in [1.29, 1.82) is 0 Å². The molecule has 2 unspecified atom stereocenters. The van der Waals surface area contributed by atoms with Gasteiger partial charge in [0.25, 0.3) is 0 Å². The monoisotopic (exact) mass is 420 g/mol. The zero-order valence-electron chi connectivity index (χ0n) is 19.5. The van der Waals surface area contributed by atoms with Gasteiger partial charge in [0, 0.05) is 19.4 Å². The molecule has 1 aromatic carbocycles. The molecule has 0 aromatic heterocycles. The van der Waals surface area contributed by atoms with Gasteiger partial charge in [-0.1, -0.05) is 39.3 Å². The summed E-state index contributed by atoms with van der Waals surface area (Å²) in [6, 6.07) is 8.06. The minimum Gasteiger partial charge on any atom is -0.497 e. The molecule has 2 saturated heterocycles. The van der Waals surface area contributed by atoms with E-state index < -0.39 is 0 Å². The molecule has 0 aliphatic carbocycles. The lowest BCUT2D eigenvalue weighted by molar-refractivity contribution is -0.268. The molecule has 30 heavy (non-hydrogen) atoms. The van der Waals surface area contributed by atoms with Gasteiger partial charge in [0.15, 0.2) is 0 Å². The van der Waals surface area contributed by atoms with Gasteiger partial charge in [-0.3, -0.25) is 0 Å². The van der Waals surface area contributed by atoms with E-state index in [1.54, 1.807) is 14.2 Å². The first-order valence-electron chi connectivity index (χ1n) is 11.5. The SMILES string of the molecule is CCC[C@H]1O[C@@H]2C(C[C@H]1C)O[C@@H](CC(C)OC)[C@H](OCc1ccc(OC)cc1)[C@H]2C. The average molecular weight is 421 g/mol. The Bertz CT molecular complexity index is 633. The zero-order valence-corrected chi connectivity index (χ0v) is 19.5. The molecule has 2 heterocycles. The number of benzene rings is 1. The molecular weight excluding hydrogens is 380 g/mol. The van der Waals surface area contributed by atoms with Crippen LogP contribution in [-0.4, -0.2) is 50.8 Å². The van der Waals surface area contributed by atoms with Gasteiger partial charge >= 0.3 is 0 Å². The second-order valence-corrected chi connectivity index (χ2v) is 9.12. The molecule has 0 saturated carbocycles. The summed E-state index contributed by atoms with van der Waals surface area (Å²) >= 11 is 0. The van der Waals surface area contributed by atoms with E-state index in [1.807, 2.05) is 12.1 Å². The molecule has 0 bridgehead atoms. The maximum atomic E-state index is 6.62. The maximum Gasteiger partial charge on any atom is 0.118 e. The highest BCUT2D eigenvalue weighted by molar-refractivity contribution is 5.26. The number of rotatable bonds is 9. The molecule has 5 nitrogen and oxygen atoms in total. The number of methoxy groups -OCH3 is 2. The van der Waals surface area contributed by atoms with E-state index in [9.17, 15) is 0 Å². The molecule has 5 heteroatoms. The number of fused-ring (bicyclic) bond motifs is 1. The largest absolute Gasteiger partial charge is 0.497 e. The van der Waals surface area contributed by atoms with Crippen LogP contribution < -0.4 is 4.74 Å². The van der Waals surface area contributed by atoms with Crippen molar-refractivity contribution in [3.63, 3.8) is 0 Å². The molecule has 1 aromatic rings. The fourth-order valence-electron chi connectivity index (χ4n) is 4.92. The first-order chi connectivity index (χ1) is 14.5. The van der Waals surface area contributed by atoms with Crippen molar-refractivity contribution in [2.45, 2.75) is 96.6 Å². The van der Waals surface area contributed by atoms with Crippen molar-refractivity contribution in [3.05, 3.63) is 29.8 Å². The minimum absolute atomic E-state index is 0.00738. The van der Waals surface area contributed by atoms with Crippen molar-refractivity contribution in [2.75, 3.05) is 14.2 Å². The molecule has 0 amide bonds. The van der Waals surface area contributed by atoms with E-state index in [-0.39, 0.29) is 36.4 Å². The van der Waals surface area contributed by atoms with E-state index >= 15 is 0 Å². The molecule has 170 valence electrons. The Morgan fingerprint density at radius 2 is 1.80 bits per heavy atom. The third kappa shape index (κ3) is 5.56. The number of ether oxygens (including phenoxy) is 5. The van der Waals surface area contributed by atoms with Gasteiger partial charge in [-0.05, 0) is 43.4 Å². The van der Waals surface area contributed by atoms with Crippen LogP contribution in [0.4, 0.5) is 0 Å². The molecule has 2 aliphatic heterocycles. The lowest BCUT2D eigenvalue weighted by Gasteiger charge is -2.51. The predicted octanol–water partition coefficient (Wildman–Crippen LogP) is 5.00. The summed E-state index contributed by atoms with van der Waals surface area (Å²) in [6.07, 6.45) is 4.79. The quantitative estimate of drug-likeness (QED) is 0.562. The molecule has 3 rings (SSSR count). The van der Waals surface area contributed by atoms with Crippen LogP contribution in [-0.2, 0) is 25.6 Å². The highest BCUT2D eigenvalue weighted by Gasteiger charge is 2.49. The highest BCUT2D eigenvalue weighted by Crippen LogP contribution is 2.41. The predicted molar refractivity (Wildman–Crippen MR) is 118 cm³/mol. The first kappa shape index (κ1) is 23.5. The summed E-state index contributed by atoms with van der Waals surface area (Å²) in [5.74, 6) is 1.65. The molecule has 2 fully saturated rings. The molecular formula is C25H40O5. The Hall–Kier alpha value is -1.14. The molecule has 8 atom stereocenters. The van der Waals surface area contributed by atoms with Crippen LogP contribution in [0.1, 0.15) is 58.9 Å². The maximum absolute atomic E-state index is 6.62. The Morgan fingerprint density at radius 1 is 1.07 bits per heavy atom. The fourth-order valence-corrected chi connectivity index (χ4v) is 4.92. The van der Waals surface area contributed by atoms with Crippen LogP contribution in [0.15, 0.2) is 24.3 Å². The average Bonchev–Trinajstić information content (AvgIpc) is 2.75. The normalized spacial score (nSPS) is 34.9. The minimum atomic E-state index is -0.0263. The van der Waals surface area contributed by atoms with E-state index in [4.69, 9.17) is 23.7 Å². The lowest BCUT2D eigenvalue weighted by atomic mass is 9.79. The van der Waals surface area contributed by atoms with Crippen LogP contribution in [0.2, 0.25) is 0 Å². The van der Waals surface area contributed by atoms with Gasteiger partial charge in [0.1, 0.15) is 5.75 Å². The van der Waals surface area contributed by atoms with Gasteiger partial charge in [-0.2, -0.15) is 0 Å². The topological polar surface area (TPSA) is 46.2 Å². The molecule has 0 spiro atoms. The van der Waals surface area contributed by atoms with Crippen LogP contribution in [0.3, 0.4) is 0 Å². The van der Waals surface area contributed by atoms with Gasteiger partial charge in [-0.25, -0.2) is 0 Å². The second-order valence-electron chi connectivity index (χ2n) is 9.12. The first-order valence-corrected chi connectivity index (χ1v) is 11.5. The highest BCUT2D eigenvalue weighted by atomic mass is 16.6. The number of hydrogen-bond donors (Lipinski definition) is 0. The van der Waals surface area contributed by atoms with Crippen molar-refractivity contribution < 1.29 is 23.7 Å². The van der Waals surface area contributed by atoms with Crippen LogP contribution in [0, 0.1) is 11.8 Å². The fraction of sp³-hybridized carbons (Fsp3) is 0.760. The van der Waals surface area contributed by atoms with Gasteiger partial charge < -0.3 is 23.7 Å². The second kappa shape index (κ2) is 10.9. The lowest BCUT2D eigenvalue weighted by Crippen LogP contribution is -2.59. The summed E-state index contributed by atoms with van der Waals surface area (Å²) in [7, 11) is 3.44. The van der Waals surface area contributed by atoms with Crippen molar-refractivity contribution >= 4 is 0 Å². The third-order valence-electron chi connectivity index (χ3n) is 6.83. The Labute approximate surface area is 182 Å². The summed E-state index contributed by atoms with van der Waals surface area (Å²) in [6.45, 7) is 9.43. The van der Waals surface area contributed by atoms with Crippen molar-refractivity contribution in [3.8, 4) is 5.75 Å². The Morgan fingerprint density at radius 3 is 2.43 bits per heavy atom. The van der Waals surface area contributed by atoms with Crippen molar-refractivity contribution in [1.82, 2.24) is 0 Å². The van der Waals surface area contributed by atoms with Crippen LogP contribution in [0.5, 0.6) is 5.75 Å². The smallest absolute Gasteiger partial charge is 0.118 e. The van der Waals surface area contributed by atoms with E-state index in [0.717, 1.165) is 37.0 Å². The van der Waals surface area contributed by atoms with E-state index in [0.29, 0.717) is 18.6 Å². The molecule has 0 radical (unpaired) electrons. The van der Waals surface area contributed by atoms with E-state index in [1.165, 1.54) is 0 Å². The number of hydrogen-bond acceptors (Lipinski definition) is 5. The standard InChI is InChI=1S/C25H40O5/c1-7-8-21-16(2)13-22-25(30-21)18(4)24(23(29-22)14-17(3)26-5)28-15-19-9-11-20(27-6)12-10-19/h9-12,16-18,21-25H,7-8,13-15H2,1-6H3/t16-,17?,18-,21-,22?,23+,24-,25+/m1/s1. The zero-order chi connectivity index (χ0) is 21.7. The summed E-state index contributed by atoms with van der Waals surface area (Å²) in [4.78, 5) is 0. The van der Waals surface area contributed by atoms with Gasteiger partial charge in [-0.15, -0.1) is 0 Å². The van der Waals surface area contributed by atoms with Crippen LogP contribution >= 0.6 is 0 Å². The Balaban J connectivity index is 1.72. The Kier molecular flexibility index (Phi) is 8.58. The molecule has 2 aliphatic rings. The van der Waals surface area contributed by atoms with Crippen LogP contribution in [0.25, 0.3) is 0 Å². The van der Waals surface area contributed by atoms with Gasteiger partial charge in [0.05, 0.1) is 50.3 Å². The van der Waals surface area contributed by atoms with Crippen molar-refractivity contribution in [2.24, 2.45) is 11.8 Å². The van der Waals surface area contributed by atoms with Gasteiger partial charge in [0.2, 0.25) is 0 Å². The summed E-state index contributed by atoms with van der Waals surface area (Å²) in [5.41, 5.74) is 1.13. The van der Waals surface area contributed by atoms with E-state index in [2.05, 4.69) is 39.8 Å². The summed E-state index contributed by atoms with van der Waals surface area (Å²) < 4.78 is 30.5.